The molecular formula is C17H18N4O4S2. The Hall–Kier alpha value is -2.46. The lowest BCUT2D eigenvalue weighted by molar-refractivity contribution is 0.205. The van der Waals surface area contributed by atoms with E-state index in [0.717, 1.165) is 22.8 Å². The van der Waals surface area contributed by atoms with Crippen molar-refractivity contribution in [2.45, 2.75) is 17.4 Å². The third-order valence-corrected chi connectivity index (χ3v) is 6.51. The Morgan fingerprint density at radius 3 is 2.74 bits per heavy atom. The van der Waals surface area contributed by atoms with E-state index < -0.39 is 9.84 Å². The SMILES string of the molecule is COc1cnc(OC2CCN(c3nc4c(S(C)(=O)=O)cccc4s3)C2)nc1. The van der Waals surface area contributed by atoms with Crippen LogP contribution in [0.4, 0.5) is 5.13 Å². The second-order valence-electron chi connectivity index (χ2n) is 6.25. The molecule has 1 unspecified atom stereocenters. The van der Waals surface area contributed by atoms with Crippen molar-refractivity contribution < 1.29 is 17.9 Å². The molecule has 27 heavy (non-hydrogen) atoms. The Morgan fingerprint density at radius 1 is 1.26 bits per heavy atom. The molecule has 0 radical (unpaired) electrons. The van der Waals surface area contributed by atoms with Crippen molar-refractivity contribution in [2.75, 3.05) is 31.4 Å². The normalized spacial score (nSPS) is 17.4. The van der Waals surface area contributed by atoms with Crippen molar-refractivity contribution in [3.05, 3.63) is 30.6 Å². The molecule has 1 atom stereocenters. The average molecular weight is 406 g/mol. The zero-order chi connectivity index (χ0) is 19.0. The summed E-state index contributed by atoms with van der Waals surface area (Å²) >= 11 is 1.49. The molecule has 0 amide bonds. The number of thiazole rings is 1. The summed E-state index contributed by atoms with van der Waals surface area (Å²) < 4.78 is 35.7. The van der Waals surface area contributed by atoms with E-state index >= 15 is 0 Å². The first kappa shape index (κ1) is 17.9. The molecule has 10 heteroatoms. The fourth-order valence-electron chi connectivity index (χ4n) is 2.96. The molecule has 4 rings (SSSR count). The van der Waals surface area contributed by atoms with E-state index in [1.165, 1.54) is 17.6 Å². The van der Waals surface area contributed by atoms with Crippen molar-refractivity contribution in [3.63, 3.8) is 0 Å². The van der Waals surface area contributed by atoms with Crippen LogP contribution in [-0.4, -0.2) is 55.9 Å². The highest BCUT2D eigenvalue weighted by atomic mass is 32.2. The van der Waals surface area contributed by atoms with E-state index in [1.807, 2.05) is 6.07 Å². The summed E-state index contributed by atoms with van der Waals surface area (Å²) in [6.07, 6.45) is 5.09. The van der Waals surface area contributed by atoms with Gasteiger partial charge in [0.15, 0.2) is 20.7 Å². The molecule has 0 N–H and O–H groups in total. The maximum Gasteiger partial charge on any atom is 0.316 e. The van der Waals surface area contributed by atoms with Crippen LogP contribution >= 0.6 is 11.3 Å². The second kappa shape index (κ2) is 6.93. The molecule has 3 aromatic rings. The maximum atomic E-state index is 12.0. The van der Waals surface area contributed by atoms with Crippen LogP contribution in [0, 0.1) is 0 Å². The van der Waals surface area contributed by atoms with Gasteiger partial charge in [-0.15, -0.1) is 0 Å². The van der Waals surface area contributed by atoms with Gasteiger partial charge in [0.2, 0.25) is 0 Å². The van der Waals surface area contributed by atoms with Crippen LogP contribution in [-0.2, 0) is 9.84 Å². The van der Waals surface area contributed by atoms with Crippen LogP contribution in [0.25, 0.3) is 10.2 Å². The van der Waals surface area contributed by atoms with Gasteiger partial charge >= 0.3 is 6.01 Å². The number of hydrogen-bond acceptors (Lipinski definition) is 9. The third-order valence-electron chi connectivity index (χ3n) is 4.30. The summed E-state index contributed by atoms with van der Waals surface area (Å²) in [5.74, 6) is 0.576. The van der Waals surface area contributed by atoms with Crippen molar-refractivity contribution in [3.8, 4) is 11.8 Å². The van der Waals surface area contributed by atoms with Gasteiger partial charge in [-0.25, -0.2) is 13.4 Å². The summed E-state index contributed by atoms with van der Waals surface area (Å²) in [4.78, 5) is 15.2. The minimum atomic E-state index is -3.32. The number of methoxy groups -OCH3 is 1. The molecule has 1 fully saturated rings. The van der Waals surface area contributed by atoms with Crippen LogP contribution < -0.4 is 14.4 Å². The summed E-state index contributed by atoms with van der Waals surface area (Å²) in [6.45, 7) is 1.41. The Bertz CT molecular complexity index is 1070. The Labute approximate surface area is 160 Å². The molecule has 1 saturated heterocycles. The highest BCUT2D eigenvalue weighted by molar-refractivity contribution is 7.91. The monoisotopic (exact) mass is 406 g/mol. The summed E-state index contributed by atoms with van der Waals surface area (Å²) in [7, 11) is -1.77. The van der Waals surface area contributed by atoms with Gasteiger partial charge in [-0.05, 0) is 12.1 Å². The first-order valence-electron chi connectivity index (χ1n) is 8.31. The number of para-hydroxylation sites is 1. The zero-order valence-corrected chi connectivity index (χ0v) is 16.5. The third kappa shape index (κ3) is 3.67. The summed E-state index contributed by atoms with van der Waals surface area (Å²) in [5.41, 5.74) is 0.530. The first-order chi connectivity index (χ1) is 12.9. The molecule has 1 aromatic carbocycles. The van der Waals surface area contributed by atoms with E-state index in [0.29, 0.717) is 23.8 Å². The fourth-order valence-corrected chi connectivity index (χ4v) is 4.89. The van der Waals surface area contributed by atoms with Gasteiger partial charge in [0.25, 0.3) is 0 Å². The first-order valence-corrected chi connectivity index (χ1v) is 11.0. The number of hydrogen-bond donors (Lipinski definition) is 0. The van der Waals surface area contributed by atoms with Crippen LogP contribution in [0.2, 0.25) is 0 Å². The van der Waals surface area contributed by atoms with Crippen LogP contribution in [0.1, 0.15) is 6.42 Å². The van der Waals surface area contributed by atoms with Crippen molar-refractivity contribution in [1.29, 1.82) is 0 Å². The van der Waals surface area contributed by atoms with Gasteiger partial charge in [0, 0.05) is 19.2 Å². The number of ether oxygens (including phenoxy) is 2. The van der Waals surface area contributed by atoms with E-state index in [2.05, 4.69) is 19.9 Å². The minimum absolute atomic E-state index is 0.0558. The molecular weight excluding hydrogens is 388 g/mol. The predicted molar refractivity (Wildman–Crippen MR) is 103 cm³/mol. The van der Waals surface area contributed by atoms with Gasteiger partial charge in [-0.2, -0.15) is 9.97 Å². The molecule has 0 saturated carbocycles. The standard InChI is InChI=1S/C17H18N4O4S2/c1-24-12-8-18-16(19-9-12)25-11-6-7-21(10-11)17-20-15-13(26-17)4-3-5-14(15)27(2,22)23/h3-5,8-9,11H,6-7,10H2,1-2H3. The number of aromatic nitrogens is 3. The molecule has 142 valence electrons. The van der Waals surface area contributed by atoms with Crippen LogP contribution in [0.5, 0.6) is 11.8 Å². The molecule has 0 bridgehead atoms. The molecule has 3 heterocycles. The zero-order valence-electron chi connectivity index (χ0n) is 14.8. The average Bonchev–Trinajstić information content (AvgIpc) is 3.27. The largest absolute Gasteiger partial charge is 0.494 e. The van der Waals surface area contributed by atoms with E-state index in [4.69, 9.17) is 9.47 Å². The molecule has 2 aromatic heterocycles. The van der Waals surface area contributed by atoms with Gasteiger partial charge in [0.1, 0.15) is 11.6 Å². The van der Waals surface area contributed by atoms with Crippen molar-refractivity contribution >= 4 is 36.5 Å². The number of nitrogens with zero attached hydrogens (tertiary/aromatic N) is 4. The smallest absolute Gasteiger partial charge is 0.316 e. The van der Waals surface area contributed by atoms with E-state index in [9.17, 15) is 8.42 Å². The topological polar surface area (TPSA) is 94.5 Å². The Kier molecular flexibility index (Phi) is 4.60. The Morgan fingerprint density at radius 2 is 2.04 bits per heavy atom. The van der Waals surface area contributed by atoms with Gasteiger partial charge in [0.05, 0.1) is 35.6 Å². The molecule has 0 aliphatic carbocycles. The predicted octanol–water partition coefficient (Wildman–Crippen LogP) is 2.16. The summed E-state index contributed by atoms with van der Waals surface area (Å²) in [5, 5.41) is 0.794. The van der Waals surface area contributed by atoms with Gasteiger partial charge in [-0.1, -0.05) is 17.4 Å². The van der Waals surface area contributed by atoms with Crippen LogP contribution in [0.15, 0.2) is 35.5 Å². The molecule has 1 aliphatic rings. The molecule has 1 aliphatic heterocycles. The van der Waals surface area contributed by atoms with Gasteiger partial charge in [-0.3, -0.25) is 0 Å². The van der Waals surface area contributed by atoms with E-state index in [1.54, 1.807) is 31.6 Å². The highest BCUT2D eigenvalue weighted by Gasteiger charge is 2.28. The van der Waals surface area contributed by atoms with E-state index in [-0.39, 0.29) is 11.0 Å². The quantitative estimate of drug-likeness (QED) is 0.636. The number of sulfone groups is 1. The van der Waals surface area contributed by atoms with Crippen LogP contribution in [0.3, 0.4) is 0 Å². The fraction of sp³-hybridized carbons (Fsp3) is 0.353. The van der Waals surface area contributed by atoms with Crippen molar-refractivity contribution in [1.82, 2.24) is 15.0 Å². The highest BCUT2D eigenvalue weighted by Crippen LogP contribution is 2.34. The lowest BCUT2D eigenvalue weighted by Crippen LogP contribution is -2.24. The molecule has 0 spiro atoms. The number of benzene rings is 1. The maximum absolute atomic E-state index is 12.0. The Balaban J connectivity index is 1.51. The minimum Gasteiger partial charge on any atom is -0.494 e. The molecule has 8 nitrogen and oxygen atoms in total. The number of fused-ring (bicyclic) bond motifs is 1. The number of rotatable bonds is 5. The van der Waals surface area contributed by atoms with Crippen molar-refractivity contribution in [2.24, 2.45) is 0 Å². The lowest BCUT2D eigenvalue weighted by atomic mass is 10.3. The number of anilines is 1. The lowest BCUT2D eigenvalue weighted by Gasteiger charge is -2.15. The summed E-state index contributed by atoms with van der Waals surface area (Å²) in [6, 6.07) is 5.54. The second-order valence-corrected chi connectivity index (χ2v) is 9.24. The van der Waals surface area contributed by atoms with Gasteiger partial charge < -0.3 is 14.4 Å².